The zero-order valence-electron chi connectivity index (χ0n) is 9.21. The standard InChI is InChI=1S/C11H19NO3/c1-9(13)7-10(14)12-8-11(15)5-3-2-4-6-11/h15H,2-8H2,1H3,(H,12,14). The lowest BCUT2D eigenvalue weighted by molar-refractivity contribution is -0.128. The van der Waals surface area contributed by atoms with Crippen molar-refractivity contribution in [2.45, 2.75) is 51.0 Å². The maximum atomic E-state index is 11.2. The van der Waals surface area contributed by atoms with Gasteiger partial charge >= 0.3 is 0 Å². The van der Waals surface area contributed by atoms with Crippen molar-refractivity contribution < 1.29 is 14.7 Å². The lowest BCUT2D eigenvalue weighted by Crippen LogP contribution is -2.44. The molecule has 0 aliphatic heterocycles. The molecule has 1 amide bonds. The molecule has 4 nitrogen and oxygen atoms in total. The molecular formula is C11H19NO3. The Kier molecular flexibility index (Phi) is 4.27. The Hall–Kier alpha value is -0.900. The van der Waals surface area contributed by atoms with Crippen LogP contribution in [0.4, 0.5) is 0 Å². The van der Waals surface area contributed by atoms with Crippen LogP contribution in [-0.2, 0) is 9.59 Å². The van der Waals surface area contributed by atoms with Crippen LogP contribution in [0.1, 0.15) is 45.4 Å². The molecule has 0 aromatic carbocycles. The monoisotopic (exact) mass is 213 g/mol. The van der Waals surface area contributed by atoms with E-state index in [2.05, 4.69) is 5.32 Å². The lowest BCUT2D eigenvalue weighted by Gasteiger charge is -2.32. The number of ketones is 1. The number of amides is 1. The van der Waals surface area contributed by atoms with E-state index in [-0.39, 0.29) is 24.7 Å². The van der Waals surface area contributed by atoms with E-state index in [9.17, 15) is 14.7 Å². The third-order valence-electron chi connectivity index (χ3n) is 2.81. The molecule has 4 heteroatoms. The summed E-state index contributed by atoms with van der Waals surface area (Å²) in [6.45, 7) is 1.66. The Morgan fingerprint density at radius 3 is 2.40 bits per heavy atom. The molecule has 0 atom stereocenters. The Morgan fingerprint density at radius 1 is 1.27 bits per heavy atom. The predicted octanol–water partition coefficient (Wildman–Crippen LogP) is 0.777. The van der Waals surface area contributed by atoms with Crippen LogP contribution < -0.4 is 5.32 Å². The van der Waals surface area contributed by atoms with Gasteiger partial charge in [-0.05, 0) is 19.8 Å². The number of carbonyl (C=O) groups is 2. The minimum absolute atomic E-state index is 0.0872. The number of hydrogen-bond donors (Lipinski definition) is 2. The summed E-state index contributed by atoms with van der Waals surface area (Å²) < 4.78 is 0. The van der Waals surface area contributed by atoms with Crippen LogP contribution in [-0.4, -0.2) is 28.9 Å². The highest BCUT2D eigenvalue weighted by Gasteiger charge is 2.29. The molecular weight excluding hydrogens is 194 g/mol. The predicted molar refractivity (Wildman–Crippen MR) is 56.3 cm³/mol. The van der Waals surface area contributed by atoms with E-state index in [1.807, 2.05) is 0 Å². The lowest BCUT2D eigenvalue weighted by atomic mass is 9.85. The van der Waals surface area contributed by atoms with E-state index in [4.69, 9.17) is 0 Å². The smallest absolute Gasteiger partial charge is 0.227 e. The third kappa shape index (κ3) is 4.42. The van der Waals surface area contributed by atoms with Crippen molar-refractivity contribution in [1.29, 1.82) is 0 Å². The molecule has 1 rings (SSSR count). The van der Waals surface area contributed by atoms with Gasteiger partial charge in [-0.25, -0.2) is 0 Å². The fourth-order valence-electron chi connectivity index (χ4n) is 1.94. The second kappa shape index (κ2) is 5.26. The van der Waals surface area contributed by atoms with Crippen molar-refractivity contribution in [2.75, 3.05) is 6.54 Å². The second-order valence-electron chi connectivity index (χ2n) is 4.44. The quantitative estimate of drug-likeness (QED) is 0.678. The average Bonchev–Trinajstić information content (AvgIpc) is 2.15. The normalized spacial score (nSPS) is 19.6. The first-order valence-corrected chi connectivity index (χ1v) is 5.50. The minimum Gasteiger partial charge on any atom is -0.388 e. The topological polar surface area (TPSA) is 66.4 Å². The van der Waals surface area contributed by atoms with Crippen LogP contribution in [0.15, 0.2) is 0 Å². The molecule has 1 aliphatic rings. The third-order valence-corrected chi connectivity index (χ3v) is 2.81. The molecule has 2 N–H and O–H groups in total. The van der Waals surface area contributed by atoms with E-state index < -0.39 is 5.60 Å². The van der Waals surface area contributed by atoms with Gasteiger partial charge in [-0.3, -0.25) is 9.59 Å². The summed E-state index contributed by atoms with van der Waals surface area (Å²) in [5.74, 6) is -0.440. The number of rotatable bonds is 4. The second-order valence-corrected chi connectivity index (χ2v) is 4.44. The van der Waals surface area contributed by atoms with E-state index in [1.54, 1.807) is 0 Å². The van der Waals surface area contributed by atoms with Gasteiger partial charge < -0.3 is 10.4 Å². The first kappa shape index (κ1) is 12.2. The zero-order chi connectivity index (χ0) is 11.3. The van der Waals surface area contributed by atoms with E-state index in [1.165, 1.54) is 6.92 Å². The van der Waals surface area contributed by atoms with Crippen molar-refractivity contribution in [3.8, 4) is 0 Å². The van der Waals surface area contributed by atoms with E-state index >= 15 is 0 Å². The molecule has 0 spiro atoms. The van der Waals surface area contributed by atoms with Gasteiger partial charge in [-0.1, -0.05) is 19.3 Å². The maximum Gasteiger partial charge on any atom is 0.227 e. The van der Waals surface area contributed by atoms with E-state index in [0.29, 0.717) is 0 Å². The first-order chi connectivity index (χ1) is 7.02. The van der Waals surface area contributed by atoms with Gasteiger partial charge in [0.15, 0.2) is 0 Å². The molecule has 0 radical (unpaired) electrons. The van der Waals surface area contributed by atoms with Crippen LogP contribution in [0.5, 0.6) is 0 Å². The van der Waals surface area contributed by atoms with Gasteiger partial charge in [0.1, 0.15) is 5.78 Å². The van der Waals surface area contributed by atoms with Crippen molar-refractivity contribution in [3.05, 3.63) is 0 Å². The SMILES string of the molecule is CC(=O)CC(=O)NCC1(O)CCCCC1. The van der Waals surface area contributed by atoms with Crippen molar-refractivity contribution in [2.24, 2.45) is 0 Å². The fourth-order valence-corrected chi connectivity index (χ4v) is 1.94. The molecule has 1 aliphatic carbocycles. The molecule has 15 heavy (non-hydrogen) atoms. The Bertz CT molecular complexity index is 244. The van der Waals surface area contributed by atoms with Gasteiger partial charge in [0.05, 0.1) is 12.0 Å². The molecule has 86 valence electrons. The molecule has 0 aromatic rings. The van der Waals surface area contributed by atoms with Gasteiger partial charge in [-0.2, -0.15) is 0 Å². The number of Topliss-reactive ketones (excluding diaryl/α,β-unsaturated/α-hetero) is 1. The van der Waals surface area contributed by atoms with Crippen LogP contribution in [0.25, 0.3) is 0 Å². The molecule has 0 unspecified atom stereocenters. The van der Waals surface area contributed by atoms with Gasteiger partial charge in [0, 0.05) is 6.54 Å². The molecule has 0 saturated heterocycles. The minimum atomic E-state index is -0.745. The van der Waals surface area contributed by atoms with Crippen molar-refractivity contribution in [3.63, 3.8) is 0 Å². The summed E-state index contributed by atoms with van der Waals surface area (Å²) >= 11 is 0. The van der Waals surface area contributed by atoms with Gasteiger partial charge in [0.2, 0.25) is 5.91 Å². The molecule has 0 bridgehead atoms. The zero-order valence-corrected chi connectivity index (χ0v) is 9.21. The summed E-state index contributed by atoms with van der Waals surface area (Å²) in [6, 6.07) is 0. The summed E-state index contributed by atoms with van der Waals surface area (Å²) in [7, 11) is 0. The summed E-state index contributed by atoms with van der Waals surface area (Å²) in [6.07, 6.45) is 4.58. The number of nitrogens with one attached hydrogen (secondary N) is 1. The van der Waals surface area contributed by atoms with Crippen molar-refractivity contribution in [1.82, 2.24) is 5.32 Å². The van der Waals surface area contributed by atoms with Gasteiger partial charge in [-0.15, -0.1) is 0 Å². The van der Waals surface area contributed by atoms with Crippen molar-refractivity contribution >= 4 is 11.7 Å². The number of carbonyl (C=O) groups excluding carboxylic acids is 2. The Morgan fingerprint density at radius 2 is 1.87 bits per heavy atom. The summed E-state index contributed by atoms with van der Waals surface area (Å²) in [5.41, 5.74) is -0.745. The summed E-state index contributed by atoms with van der Waals surface area (Å²) in [5, 5.41) is 12.7. The molecule has 0 aromatic heterocycles. The largest absolute Gasteiger partial charge is 0.388 e. The molecule has 0 heterocycles. The highest BCUT2D eigenvalue weighted by molar-refractivity contribution is 5.96. The maximum absolute atomic E-state index is 11.2. The van der Waals surface area contributed by atoms with Crippen LogP contribution in [0.2, 0.25) is 0 Å². The highest BCUT2D eigenvalue weighted by atomic mass is 16.3. The summed E-state index contributed by atoms with van der Waals surface area (Å²) in [4.78, 5) is 21.9. The molecule has 1 saturated carbocycles. The van der Waals surface area contributed by atoms with Crippen LogP contribution >= 0.6 is 0 Å². The number of aliphatic hydroxyl groups is 1. The number of hydrogen-bond acceptors (Lipinski definition) is 3. The first-order valence-electron chi connectivity index (χ1n) is 5.50. The average molecular weight is 213 g/mol. The van der Waals surface area contributed by atoms with Gasteiger partial charge in [0.25, 0.3) is 0 Å². The van der Waals surface area contributed by atoms with Crippen LogP contribution in [0, 0.1) is 0 Å². The Balaban J connectivity index is 2.28. The molecule has 1 fully saturated rings. The fraction of sp³-hybridized carbons (Fsp3) is 0.818. The highest BCUT2D eigenvalue weighted by Crippen LogP contribution is 2.27. The van der Waals surface area contributed by atoms with E-state index in [0.717, 1.165) is 32.1 Å². The van der Waals surface area contributed by atoms with Crippen LogP contribution in [0.3, 0.4) is 0 Å². The Labute approximate surface area is 90.0 Å².